The lowest BCUT2D eigenvalue weighted by molar-refractivity contribution is -0.135. The Balaban J connectivity index is 1.30. The number of carbonyl (C=O) groups excluding carboxylic acids is 1. The van der Waals surface area contributed by atoms with Crippen LogP contribution in [0.15, 0.2) is 63.1 Å². The topological polar surface area (TPSA) is 145 Å². The number of aliphatic hydroxyl groups excluding tert-OH is 1. The Hall–Kier alpha value is -3.45. The van der Waals surface area contributed by atoms with E-state index in [9.17, 15) is 31.1 Å². The van der Waals surface area contributed by atoms with Crippen LogP contribution in [0.2, 0.25) is 0 Å². The summed E-state index contributed by atoms with van der Waals surface area (Å²) in [6, 6.07) is 9.55. The lowest BCUT2D eigenvalue weighted by atomic mass is 9.74. The van der Waals surface area contributed by atoms with Gasteiger partial charge in [-0.1, -0.05) is 32.9 Å². The Kier molecular flexibility index (Phi) is 6.50. The van der Waals surface area contributed by atoms with Crippen LogP contribution in [0.3, 0.4) is 0 Å². The molecule has 7 rings (SSSR count). The molecule has 3 N–H and O–H groups in total. The highest BCUT2D eigenvalue weighted by atomic mass is 32.2. The number of carbonyl (C=O) groups is 1. The van der Waals surface area contributed by atoms with Gasteiger partial charge in [0, 0.05) is 24.2 Å². The molecule has 3 aliphatic carbocycles. The second-order valence-electron chi connectivity index (χ2n) is 13.2. The van der Waals surface area contributed by atoms with E-state index in [0.717, 1.165) is 17.9 Å². The van der Waals surface area contributed by atoms with Crippen LogP contribution in [0.5, 0.6) is 0 Å². The van der Waals surface area contributed by atoms with E-state index in [1.165, 1.54) is 30.7 Å². The fourth-order valence-corrected chi connectivity index (χ4v) is 10.2. The van der Waals surface area contributed by atoms with Gasteiger partial charge in [0.2, 0.25) is 10.0 Å². The third-order valence-electron chi connectivity index (χ3n) is 10.7. The molecule has 0 bridgehead atoms. The molecule has 2 aliphatic heterocycles. The number of anilines is 2. The van der Waals surface area contributed by atoms with E-state index in [0.29, 0.717) is 35.5 Å². The number of amides is 1. The zero-order valence-corrected chi connectivity index (χ0v) is 26.4. The van der Waals surface area contributed by atoms with Crippen LogP contribution in [0.25, 0.3) is 0 Å². The van der Waals surface area contributed by atoms with E-state index in [1.54, 1.807) is 17.0 Å². The van der Waals surface area contributed by atoms with Crippen LogP contribution >= 0.6 is 0 Å². The monoisotopic (exact) mass is 642 g/mol. The van der Waals surface area contributed by atoms with Crippen LogP contribution in [0, 0.1) is 53.2 Å². The minimum atomic E-state index is -4.38. The molecule has 2 aromatic rings. The molecule has 3 fully saturated rings. The molecule has 0 spiro atoms. The predicted molar refractivity (Wildman–Crippen MR) is 163 cm³/mol. The summed E-state index contributed by atoms with van der Waals surface area (Å²) in [6.07, 6.45) is 2.15. The second kappa shape index (κ2) is 9.77. The minimum absolute atomic E-state index is 0.0423. The Bertz CT molecular complexity index is 1840. The van der Waals surface area contributed by atoms with Gasteiger partial charge in [-0.2, -0.15) is 8.42 Å². The van der Waals surface area contributed by atoms with E-state index >= 15 is 0 Å². The van der Waals surface area contributed by atoms with Crippen molar-refractivity contribution < 1.29 is 31.1 Å². The highest BCUT2D eigenvalue weighted by molar-refractivity contribution is 7.92. The summed E-state index contributed by atoms with van der Waals surface area (Å²) in [5.74, 6) is 1.38. The van der Waals surface area contributed by atoms with Crippen molar-refractivity contribution in [1.82, 2.24) is 4.90 Å². The predicted octanol–water partition coefficient (Wildman–Crippen LogP) is 4.35. The quantitative estimate of drug-likeness (QED) is 0.425. The van der Waals surface area contributed by atoms with Crippen LogP contribution < -0.4 is 10.0 Å². The van der Waals surface area contributed by atoms with Gasteiger partial charge in [-0.05, 0) is 83.7 Å². The number of halogens is 1. The molecule has 44 heavy (non-hydrogen) atoms. The molecule has 1 amide bonds. The molecule has 10 nitrogen and oxygen atoms in total. The number of aliphatic hydroxyl groups is 1. The first kappa shape index (κ1) is 29.3. The average Bonchev–Trinajstić information content (AvgIpc) is 3.81. The second-order valence-corrected chi connectivity index (χ2v) is 16.6. The first-order valence-electron chi connectivity index (χ1n) is 14.9. The maximum absolute atomic E-state index is 14.5. The smallest absolute Gasteiger partial charge is 0.286 e. The van der Waals surface area contributed by atoms with Crippen molar-refractivity contribution in [2.75, 3.05) is 16.3 Å². The number of nitrogens with one attached hydrogen (secondary N) is 2. The third kappa shape index (κ3) is 4.70. The zero-order valence-electron chi connectivity index (χ0n) is 24.7. The molecule has 2 aromatic carbocycles. The van der Waals surface area contributed by atoms with Gasteiger partial charge in [0.25, 0.3) is 15.9 Å². The molecule has 5 aliphatic rings. The average molecular weight is 643 g/mol. The van der Waals surface area contributed by atoms with Crippen molar-refractivity contribution in [3.8, 4) is 0 Å². The van der Waals surface area contributed by atoms with Crippen molar-refractivity contribution in [1.29, 1.82) is 0 Å². The van der Waals surface area contributed by atoms with E-state index in [1.807, 2.05) is 6.92 Å². The highest BCUT2D eigenvalue weighted by Gasteiger charge is 2.69. The maximum Gasteiger partial charge on any atom is 0.286 e. The molecule has 7 unspecified atom stereocenters. The summed E-state index contributed by atoms with van der Waals surface area (Å²) in [4.78, 5) is 16.0. The fraction of sp³-hybridized carbons (Fsp3) is 0.484. The number of hydrogen-bond acceptors (Lipinski definition) is 7. The van der Waals surface area contributed by atoms with Crippen molar-refractivity contribution in [3.63, 3.8) is 0 Å². The molecule has 2 heterocycles. The van der Waals surface area contributed by atoms with E-state index in [2.05, 4.69) is 28.3 Å². The maximum atomic E-state index is 14.5. The first-order chi connectivity index (χ1) is 20.7. The van der Waals surface area contributed by atoms with Gasteiger partial charge in [0.15, 0.2) is 5.84 Å². The third-order valence-corrected chi connectivity index (χ3v) is 12.6. The van der Waals surface area contributed by atoms with E-state index in [4.69, 9.17) is 0 Å². The summed E-state index contributed by atoms with van der Waals surface area (Å²) in [5.41, 5.74) is 0.635. The van der Waals surface area contributed by atoms with Crippen LogP contribution in [0.1, 0.15) is 32.8 Å². The van der Waals surface area contributed by atoms with Crippen LogP contribution in [-0.4, -0.2) is 50.9 Å². The van der Waals surface area contributed by atoms with Gasteiger partial charge in [-0.15, -0.1) is 4.40 Å². The zero-order chi connectivity index (χ0) is 31.5. The number of fused-ring (bicyclic) bond motifs is 3. The van der Waals surface area contributed by atoms with Gasteiger partial charge in [0.05, 0.1) is 11.9 Å². The summed E-state index contributed by atoms with van der Waals surface area (Å²) in [7, 11) is -8.04. The normalized spacial score (nSPS) is 35.1. The lowest BCUT2D eigenvalue weighted by Gasteiger charge is -2.46. The van der Waals surface area contributed by atoms with Crippen LogP contribution in [-0.2, 0) is 31.4 Å². The van der Waals surface area contributed by atoms with Crippen molar-refractivity contribution in [3.05, 3.63) is 65.2 Å². The summed E-state index contributed by atoms with van der Waals surface area (Å²) < 4.78 is 70.0. The molecule has 234 valence electrons. The Morgan fingerprint density at radius 2 is 1.68 bits per heavy atom. The summed E-state index contributed by atoms with van der Waals surface area (Å²) >= 11 is 0. The molecular formula is C31H35FN4O6S2. The number of benzene rings is 2. The van der Waals surface area contributed by atoms with Crippen molar-refractivity contribution in [2.45, 2.75) is 44.7 Å². The summed E-state index contributed by atoms with van der Waals surface area (Å²) in [5, 5.41) is 14.6. The minimum Gasteiger partial charge on any atom is -0.511 e. The standard InChI is InChI=1S/C31H35FN4O6S2/c1-14-20-12-21-15(2)25(21)26(24(14)20)28-16(3)29(37)27(31(38)36(28)13-17-5-7-18(32)8-6-17)30-33-22-10-9-19(34-43(4,39)40)11-23(22)44(41,42)35-30/h5-11,14-16,20-21,24-26,28,34,37H,12-13H2,1-4H3,(H,33,35)/t14?,15?,16-,20?,21?,24?,25?,26?,28?/m1/s1. The number of rotatable bonds is 6. The molecule has 8 atom stereocenters. The first-order valence-corrected chi connectivity index (χ1v) is 18.2. The van der Waals surface area contributed by atoms with Crippen molar-refractivity contribution in [2.24, 2.45) is 51.7 Å². The van der Waals surface area contributed by atoms with E-state index < -0.39 is 37.7 Å². The number of amidine groups is 1. The molecule has 0 radical (unpaired) electrons. The number of sulfonamides is 2. The molecule has 13 heteroatoms. The highest BCUT2D eigenvalue weighted by Crippen LogP contribution is 2.72. The molecule has 3 saturated carbocycles. The number of nitrogens with zero attached hydrogens (tertiary/aromatic N) is 2. The largest absolute Gasteiger partial charge is 0.511 e. The van der Waals surface area contributed by atoms with Gasteiger partial charge in [-0.25, -0.2) is 12.8 Å². The SMILES string of the molecule is CC1C2CC3C(C)C3C(C3[C@@H](C)C(O)=C(C4=NS(=O)(=O)c5cc(NS(C)(=O)=O)ccc5N4)C(=O)N3Cc3ccc(F)cc3)C12. The van der Waals surface area contributed by atoms with Gasteiger partial charge < -0.3 is 15.3 Å². The Morgan fingerprint density at radius 1 is 1.05 bits per heavy atom. The van der Waals surface area contributed by atoms with Gasteiger partial charge in [-0.3, -0.25) is 9.52 Å². The van der Waals surface area contributed by atoms with Crippen molar-refractivity contribution >= 4 is 43.2 Å². The molecule has 0 saturated heterocycles. The van der Waals surface area contributed by atoms with Gasteiger partial charge in [0.1, 0.15) is 22.0 Å². The Labute approximate surface area is 256 Å². The summed E-state index contributed by atoms with van der Waals surface area (Å²) in [6.45, 7) is 6.56. The lowest BCUT2D eigenvalue weighted by Crippen LogP contribution is -2.55. The van der Waals surface area contributed by atoms with E-state index in [-0.39, 0.29) is 51.9 Å². The van der Waals surface area contributed by atoms with Gasteiger partial charge >= 0.3 is 0 Å². The fourth-order valence-electron chi connectivity index (χ4n) is 8.52. The molecule has 0 aromatic heterocycles. The van der Waals surface area contributed by atoms with Crippen LogP contribution in [0.4, 0.5) is 15.8 Å². The Morgan fingerprint density at radius 3 is 2.30 bits per heavy atom. The number of hydrogen-bond donors (Lipinski definition) is 3. The molecular weight excluding hydrogens is 607 g/mol.